The van der Waals surface area contributed by atoms with Crippen molar-refractivity contribution in [2.24, 2.45) is 0 Å². The summed E-state index contributed by atoms with van der Waals surface area (Å²) in [6, 6.07) is 4.48. The molecule has 1 saturated carbocycles. The van der Waals surface area contributed by atoms with Gasteiger partial charge in [-0.25, -0.2) is 14.6 Å². The van der Waals surface area contributed by atoms with Crippen LogP contribution < -0.4 is 5.73 Å². The molecule has 1 fully saturated rings. The first kappa shape index (κ1) is 20.6. The molecular weight excluding hydrogens is 402 g/mol. The van der Waals surface area contributed by atoms with Gasteiger partial charge in [0.1, 0.15) is 0 Å². The number of aromatic nitrogens is 4. The maximum Gasteiger partial charge on any atom is 0.256 e. The molecule has 8 heteroatoms. The van der Waals surface area contributed by atoms with E-state index in [-0.39, 0.29) is 11.7 Å². The van der Waals surface area contributed by atoms with Crippen LogP contribution in [0.5, 0.6) is 0 Å². The van der Waals surface area contributed by atoms with E-state index in [4.69, 9.17) is 10.7 Å². The molecule has 1 amide bonds. The van der Waals surface area contributed by atoms with Crippen LogP contribution in [0, 0.1) is 6.92 Å². The number of likely N-dealkylation sites (N-methyl/N-ethyl adjacent to an activating group) is 1. The first-order valence-electron chi connectivity index (χ1n) is 11.0. The van der Waals surface area contributed by atoms with E-state index in [1.54, 1.807) is 26.5 Å². The van der Waals surface area contributed by atoms with Gasteiger partial charge in [0.2, 0.25) is 0 Å². The van der Waals surface area contributed by atoms with Gasteiger partial charge in [0, 0.05) is 44.4 Å². The number of nitrogen functional groups attached to an aromatic ring is 1. The smallest absolute Gasteiger partial charge is 0.256 e. The third-order valence-electron chi connectivity index (χ3n) is 6.80. The van der Waals surface area contributed by atoms with Gasteiger partial charge in [-0.3, -0.25) is 4.79 Å². The number of aryl methyl sites for hydroxylation is 1. The van der Waals surface area contributed by atoms with E-state index in [9.17, 15) is 4.79 Å². The molecule has 0 radical (unpaired) electrons. The average molecular weight is 432 g/mol. The van der Waals surface area contributed by atoms with Crippen molar-refractivity contribution in [3.63, 3.8) is 0 Å². The van der Waals surface area contributed by atoms with E-state index < -0.39 is 0 Å². The Kier molecular flexibility index (Phi) is 4.78. The molecule has 166 valence electrons. The number of carbonyl (C=O) groups is 1. The van der Waals surface area contributed by atoms with Crippen LogP contribution in [0.15, 0.2) is 30.7 Å². The quantitative estimate of drug-likeness (QED) is 0.685. The van der Waals surface area contributed by atoms with Gasteiger partial charge in [-0.05, 0) is 55.6 Å². The van der Waals surface area contributed by atoms with Crippen LogP contribution in [0.25, 0.3) is 17.1 Å². The third kappa shape index (κ3) is 3.26. The summed E-state index contributed by atoms with van der Waals surface area (Å²) in [6.45, 7) is 4.29. The van der Waals surface area contributed by atoms with Crippen LogP contribution in [0.1, 0.15) is 46.3 Å². The fourth-order valence-electron chi connectivity index (χ4n) is 5.35. The maximum atomic E-state index is 12.2. The molecule has 0 saturated heterocycles. The number of nitrogens with zero attached hydrogens (tertiary/aromatic N) is 6. The van der Waals surface area contributed by atoms with Crippen LogP contribution in [0.3, 0.4) is 0 Å². The second-order valence-corrected chi connectivity index (χ2v) is 9.47. The van der Waals surface area contributed by atoms with Crippen LogP contribution in [0.4, 0.5) is 5.82 Å². The SMILES string of the molecule is Cc1cc(-c2cnc(N)c(-n3cc(C(=O)N(C)C)cn3)n2)cc2c1C1(CCC1)CN(C)C2. The Morgan fingerprint density at radius 2 is 2.00 bits per heavy atom. The Morgan fingerprint density at radius 1 is 1.22 bits per heavy atom. The number of hydrogen-bond acceptors (Lipinski definition) is 6. The normalized spacial score (nSPS) is 17.1. The van der Waals surface area contributed by atoms with Crippen molar-refractivity contribution in [2.75, 3.05) is 33.4 Å². The van der Waals surface area contributed by atoms with E-state index in [2.05, 4.69) is 41.1 Å². The van der Waals surface area contributed by atoms with Crippen molar-refractivity contribution >= 4 is 11.7 Å². The highest BCUT2D eigenvalue weighted by atomic mass is 16.2. The summed E-state index contributed by atoms with van der Waals surface area (Å²) in [7, 11) is 5.62. The van der Waals surface area contributed by atoms with E-state index in [0.717, 1.165) is 24.3 Å². The number of nitrogens with two attached hydrogens (primary N) is 1. The topological polar surface area (TPSA) is 93.2 Å². The molecule has 1 spiro atoms. The van der Waals surface area contributed by atoms with Crippen molar-refractivity contribution < 1.29 is 4.79 Å². The highest BCUT2D eigenvalue weighted by Crippen LogP contribution is 2.49. The zero-order chi connectivity index (χ0) is 22.6. The molecule has 2 N–H and O–H groups in total. The lowest BCUT2D eigenvalue weighted by molar-refractivity contribution is 0.0827. The van der Waals surface area contributed by atoms with Crippen molar-refractivity contribution in [1.29, 1.82) is 0 Å². The van der Waals surface area contributed by atoms with Crippen molar-refractivity contribution in [2.45, 2.75) is 38.1 Å². The van der Waals surface area contributed by atoms with Gasteiger partial charge >= 0.3 is 0 Å². The van der Waals surface area contributed by atoms with Gasteiger partial charge in [0.05, 0.1) is 23.7 Å². The number of anilines is 1. The number of amides is 1. The molecule has 2 aromatic heterocycles. The molecule has 0 atom stereocenters. The predicted molar refractivity (Wildman–Crippen MR) is 124 cm³/mol. The van der Waals surface area contributed by atoms with Crippen LogP contribution in [-0.2, 0) is 12.0 Å². The Balaban J connectivity index is 1.55. The molecule has 3 heterocycles. The monoisotopic (exact) mass is 431 g/mol. The first-order valence-corrected chi connectivity index (χ1v) is 11.0. The Hall–Kier alpha value is -3.26. The number of benzene rings is 1. The van der Waals surface area contributed by atoms with E-state index in [0.29, 0.717) is 16.8 Å². The minimum Gasteiger partial charge on any atom is -0.381 e. The highest BCUT2D eigenvalue weighted by molar-refractivity contribution is 5.93. The molecule has 8 nitrogen and oxygen atoms in total. The van der Waals surface area contributed by atoms with Crippen LogP contribution in [-0.4, -0.2) is 63.1 Å². The second kappa shape index (κ2) is 7.41. The maximum absolute atomic E-state index is 12.2. The van der Waals surface area contributed by atoms with Crippen LogP contribution in [0.2, 0.25) is 0 Å². The molecule has 1 aliphatic heterocycles. The highest BCUT2D eigenvalue weighted by Gasteiger charge is 2.44. The van der Waals surface area contributed by atoms with Gasteiger partial charge in [-0.1, -0.05) is 6.42 Å². The fraction of sp³-hybridized carbons (Fsp3) is 0.417. The number of carbonyl (C=O) groups excluding carboxylic acids is 1. The van der Waals surface area contributed by atoms with Crippen molar-refractivity contribution in [3.05, 3.63) is 53.0 Å². The van der Waals surface area contributed by atoms with E-state index in [1.807, 2.05) is 0 Å². The fourth-order valence-corrected chi connectivity index (χ4v) is 5.35. The summed E-state index contributed by atoms with van der Waals surface area (Å²) in [5.74, 6) is 0.560. The molecule has 0 unspecified atom stereocenters. The van der Waals surface area contributed by atoms with Crippen LogP contribution >= 0.6 is 0 Å². The molecule has 0 bridgehead atoms. The summed E-state index contributed by atoms with van der Waals surface area (Å²) >= 11 is 0. The number of hydrogen-bond donors (Lipinski definition) is 1. The summed E-state index contributed by atoms with van der Waals surface area (Å²) in [5.41, 5.74) is 12.9. The van der Waals surface area contributed by atoms with Gasteiger partial charge in [0.25, 0.3) is 5.91 Å². The van der Waals surface area contributed by atoms with E-state index in [1.165, 1.54) is 51.7 Å². The number of rotatable bonds is 3. The van der Waals surface area contributed by atoms with Gasteiger partial charge in [-0.2, -0.15) is 5.10 Å². The lowest BCUT2D eigenvalue weighted by atomic mass is 9.60. The average Bonchev–Trinajstić information content (AvgIpc) is 3.21. The van der Waals surface area contributed by atoms with Crippen molar-refractivity contribution in [1.82, 2.24) is 29.5 Å². The molecule has 1 aliphatic carbocycles. The van der Waals surface area contributed by atoms with Gasteiger partial charge in [-0.15, -0.1) is 0 Å². The lowest BCUT2D eigenvalue weighted by Crippen LogP contribution is -2.49. The van der Waals surface area contributed by atoms with Crippen molar-refractivity contribution in [3.8, 4) is 17.1 Å². The summed E-state index contributed by atoms with van der Waals surface area (Å²) in [6.07, 6.45) is 8.71. The van der Waals surface area contributed by atoms with Gasteiger partial charge in [0.15, 0.2) is 11.6 Å². The number of fused-ring (bicyclic) bond motifs is 2. The molecule has 1 aromatic carbocycles. The second-order valence-electron chi connectivity index (χ2n) is 9.47. The minimum atomic E-state index is -0.127. The zero-order valence-electron chi connectivity index (χ0n) is 19.1. The Bertz CT molecular complexity index is 1210. The largest absolute Gasteiger partial charge is 0.381 e. The van der Waals surface area contributed by atoms with Gasteiger partial charge < -0.3 is 15.5 Å². The predicted octanol–water partition coefficient (Wildman–Crippen LogP) is 2.79. The van der Waals surface area contributed by atoms with E-state index >= 15 is 0 Å². The third-order valence-corrected chi connectivity index (χ3v) is 6.80. The Morgan fingerprint density at radius 3 is 2.69 bits per heavy atom. The standard InChI is InChI=1S/C24H29N7O/c1-15-8-16(9-17-12-30(4)14-24(20(15)17)6-5-7-24)19-11-26-21(25)22(28-19)31-13-18(10-27-31)23(32)29(2)3/h8-11,13H,5-7,12,14H2,1-4H3,(H2,25,26). The first-order chi connectivity index (χ1) is 15.3. The molecule has 5 rings (SSSR count). The summed E-state index contributed by atoms with van der Waals surface area (Å²) in [5, 5.41) is 4.30. The molecule has 2 aliphatic rings. The zero-order valence-corrected chi connectivity index (χ0v) is 19.1. The minimum absolute atomic E-state index is 0.127. The Labute approximate surface area is 188 Å². The molecule has 3 aromatic rings. The summed E-state index contributed by atoms with van der Waals surface area (Å²) in [4.78, 5) is 25.3. The molecule has 32 heavy (non-hydrogen) atoms. The lowest BCUT2D eigenvalue weighted by Gasteiger charge is -2.50. The molecular formula is C24H29N7O. The summed E-state index contributed by atoms with van der Waals surface area (Å²) < 4.78 is 1.52.